The molecule has 0 atom stereocenters. The predicted octanol–water partition coefficient (Wildman–Crippen LogP) is 3.12. The normalized spacial score (nSPS) is 10.8. The number of imidazole rings is 1. The van der Waals surface area contributed by atoms with Gasteiger partial charge in [0.25, 0.3) is 0 Å². The molecule has 5 heteroatoms. The standard InChI is InChI=1S/C15H13N3OS/c16-11-7-5-10(6-8-11)14(19)9-20-15-17-12-3-1-2-4-13(12)18-15/h1-8H,9,16H2,(H,17,18). The van der Waals surface area contributed by atoms with Crippen LogP contribution in [0.1, 0.15) is 10.4 Å². The zero-order valence-corrected chi connectivity index (χ0v) is 11.5. The lowest BCUT2D eigenvalue weighted by atomic mass is 10.1. The van der Waals surface area contributed by atoms with Crippen LogP contribution in [-0.4, -0.2) is 21.5 Å². The first kappa shape index (κ1) is 12.7. The second-order valence-electron chi connectivity index (χ2n) is 4.39. The zero-order valence-electron chi connectivity index (χ0n) is 10.7. The number of anilines is 1. The fourth-order valence-electron chi connectivity index (χ4n) is 1.88. The van der Waals surface area contributed by atoms with Crippen molar-refractivity contribution in [3.63, 3.8) is 0 Å². The minimum absolute atomic E-state index is 0.0652. The summed E-state index contributed by atoms with van der Waals surface area (Å²) in [6.45, 7) is 0. The Morgan fingerprint density at radius 2 is 1.90 bits per heavy atom. The maximum atomic E-state index is 12.0. The number of para-hydroxylation sites is 2. The van der Waals surface area contributed by atoms with Gasteiger partial charge in [-0.1, -0.05) is 23.9 Å². The van der Waals surface area contributed by atoms with Gasteiger partial charge in [0.05, 0.1) is 16.8 Å². The van der Waals surface area contributed by atoms with E-state index < -0.39 is 0 Å². The van der Waals surface area contributed by atoms with Crippen LogP contribution >= 0.6 is 11.8 Å². The van der Waals surface area contributed by atoms with Gasteiger partial charge in [-0.15, -0.1) is 0 Å². The molecule has 20 heavy (non-hydrogen) atoms. The number of H-pyrrole nitrogens is 1. The maximum absolute atomic E-state index is 12.0. The van der Waals surface area contributed by atoms with Gasteiger partial charge in [-0.25, -0.2) is 4.98 Å². The number of hydrogen-bond donors (Lipinski definition) is 2. The number of thioether (sulfide) groups is 1. The zero-order chi connectivity index (χ0) is 13.9. The SMILES string of the molecule is Nc1ccc(C(=O)CSc2nc3ccccc3[nH]2)cc1. The van der Waals surface area contributed by atoms with Crippen molar-refractivity contribution >= 4 is 34.3 Å². The van der Waals surface area contributed by atoms with Gasteiger partial charge in [-0.3, -0.25) is 4.79 Å². The van der Waals surface area contributed by atoms with Gasteiger partial charge in [-0.05, 0) is 36.4 Å². The van der Waals surface area contributed by atoms with Crippen LogP contribution in [0.2, 0.25) is 0 Å². The van der Waals surface area contributed by atoms with Crippen LogP contribution in [0.25, 0.3) is 11.0 Å². The Morgan fingerprint density at radius 1 is 1.15 bits per heavy atom. The fraction of sp³-hybridized carbons (Fsp3) is 0.0667. The molecule has 1 aromatic heterocycles. The third-order valence-corrected chi connectivity index (χ3v) is 3.81. The Hall–Kier alpha value is -2.27. The first-order valence-corrected chi connectivity index (χ1v) is 7.17. The van der Waals surface area contributed by atoms with Gasteiger partial charge in [0.2, 0.25) is 0 Å². The highest BCUT2D eigenvalue weighted by Gasteiger charge is 2.09. The summed E-state index contributed by atoms with van der Waals surface area (Å²) < 4.78 is 0. The number of nitrogen functional groups attached to an aromatic ring is 1. The van der Waals surface area contributed by atoms with E-state index in [0.717, 1.165) is 16.2 Å². The molecule has 4 nitrogen and oxygen atoms in total. The summed E-state index contributed by atoms with van der Waals surface area (Å²) >= 11 is 1.41. The second kappa shape index (κ2) is 5.38. The molecule has 0 amide bonds. The molecule has 3 rings (SSSR count). The molecule has 0 fully saturated rings. The monoisotopic (exact) mass is 283 g/mol. The third kappa shape index (κ3) is 2.67. The Bertz CT molecular complexity index is 716. The number of nitrogens with one attached hydrogen (secondary N) is 1. The fourth-order valence-corrected chi connectivity index (χ4v) is 2.66. The van der Waals surface area contributed by atoms with Gasteiger partial charge in [0, 0.05) is 11.3 Å². The first-order valence-electron chi connectivity index (χ1n) is 6.19. The number of aromatic nitrogens is 2. The number of hydrogen-bond acceptors (Lipinski definition) is 4. The number of aromatic amines is 1. The molecule has 3 N–H and O–H groups in total. The molecule has 1 heterocycles. The van der Waals surface area contributed by atoms with Crippen molar-refractivity contribution in [3.05, 3.63) is 54.1 Å². The number of carbonyl (C=O) groups is 1. The van der Waals surface area contributed by atoms with E-state index >= 15 is 0 Å². The number of ketones is 1. The van der Waals surface area contributed by atoms with Crippen LogP contribution < -0.4 is 5.73 Å². The minimum atomic E-state index is 0.0652. The molecule has 100 valence electrons. The van der Waals surface area contributed by atoms with Crippen molar-refractivity contribution in [2.24, 2.45) is 0 Å². The number of fused-ring (bicyclic) bond motifs is 1. The summed E-state index contributed by atoms with van der Waals surface area (Å²) in [7, 11) is 0. The molecule has 2 aromatic carbocycles. The van der Waals surface area contributed by atoms with Crippen molar-refractivity contribution in [2.75, 3.05) is 11.5 Å². The second-order valence-corrected chi connectivity index (χ2v) is 5.36. The molecule has 0 spiro atoms. The molecule has 0 aliphatic heterocycles. The highest BCUT2D eigenvalue weighted by atomic mass is 32.2. The van der Waals surface area contributed by atoms with E-state index in [-0.39, 0.29) is 5.78 Å². The predicted molar refractivity (Wildman–Crippen MR) is 82.0 cm³/mol. The summed E-state index contributed by atoms with van der Waals surface area (Å²) in [5, 5.41) is 0.759. The topological polar surface area (TPSA) is 71.8 Å². The van der Waals surface area contributed by atoms with E-state index in [0.29, 0.717) is 17.0 Å². The van der Waals surface area contributed by atoms with Crippen LogP contribution in [0.3, 0.4) is 0 Å². The van der Waals surface area contributed by atoms with Crippen molar-refractivity contribution in [3.8, 4) is 0 Å². The summed E-state index contributed by atoms with van der Waals surface area (Å²) in [6.07, 6.45) is 0. The third-order valence-electron chi connectivity index (χ3n) is 2.94. The molecule has 3 aromatic rings. The van der Waals surface area contributed by atoms with Crippen LogP contribution in [0.5, 0.6) is 0 Å². The van der Waals surface area contributed by atoms with Crippen LogP contribution in [-0.2, 0) is 0 Å². The highest BCUT2D eigenvalue weighted by molar-refractivity contribution is 7.99. The van der Waals surface area contributed by atoms with Gasteiger partial charge < -0.3 is 10.7 Å². The lowest BCUT2D eigenvalue weighted by Crippen LogP contribution is -2.02. The summed E-state index contributed by atoms with van der Waals surface area (Å²) in [5.41, 5.74) is 8.82. The largest absolute Gasteiger partial charge is 0.399 e. The van der Waals surface area contributed by atoms with Crippen molar-refractivity contribution in [1.29, 1.82) is 0 Å². The molecule has 0 radical (unpaired) electrons. The Balaban J connectivity index is 1.69. The summed E-state index contributed by atoms with van der Waals surface area (Å²) in [4.78, 5) is 19.7. The lowest BCUT2D eigenvalue weighted by molar-refractivity contribution is 0.102. The van der Waals surface area contributed by atoms with Crippen LogP contribution in [0, 0.1) is 0 Å². The Labute approximate surface area is 120 Å². The number of benzene rings is 2. The van der Waals surface area contributed by atoms with E-state index in [1.807, 2.05) is 24.3 Å². The molecule has 0 saturated carbocycles. The first-order chi connectivity index (χ1) is 9.72. The quantitative estimate of drug-likeness (QED) is 0.438. The average molecular weight is 283 g/mol. The van der Waals surface area contributed by atoms with Gasteiger partial charge in [-0.2, -0.15) is 0 Å². The number of nitrogens with zero attached hydrogens (tertiary/aromatic N) is 1. The molecule has 0 aliphatic rings. The Morgan fingerprint density at radius 3 is 2.65 bits per heavy atom. The highest BCUT2D eigenvalue weighted by Crippen LogP contribution is 2.20. The van der Waals surface area contributed by atoms with E-state index in [1.165, 1.54) is 11.8 Å². The van der Waals surface area contributed by atoms with Crippen LogP contribution in [0.4, 0.5) is 5.69 Å². The average Bonchev–Trinajstić information content (AvgIpc) is 2.88. The molecule has 0 unspecified atom stereocenters. The van der Waals surface area contributed by atoms with Crippen molar-refractivity contribution in [2.45, 2.75) is 5.16 Å². The summed E-state index contributed by atoms with van der Waals surface area (Å²) in [6, 6.07) is 14.8. The molecule has 0 bridgehead atoms. The molecular formula is C15H13N3OS. The number of carbonyl (C=O) groups excluding carboxylic acids is 1. The lowest BCUT2D eigenvalue weighted by Gasteiger charge is -2.00. The van der Waals surface area contributed by atoms with Crippen molar-refractivity contribution in [1.82, 2.24) is 9.97 Å². The van der Waals surface area contributed by atoms with E-state index in [1.54, 1.807) is 24.3 Å². The molecule has 0 saturated heterocycles. The van der Waals surface area contributed by atoms with Crippen LogP contribution in [0.15, 0.2) is 53.7 Å². The number of Topliss-reactive ketones (excluding diaryl/α,β-unsaturated/α-hetero) is 1. The van der Waals surface area contributed by atoms with Crippen molar-refractivity contribution < 1.29 is 4.79 Å². The van der Waals surface area contributed by atoms with Gasteiger partial charge in [0.1, 0.15) is 0 Å². The Kier molecular flexibility index (Phi) is 3.43. The molecular weight excluding hydrogens is 270 g/mol. The van der Waals surface area contributed by atoms with E-state index in [4.69, 9.17) is 5.73 Å². The van der Waals surface area contributed by atoms with Gasteiger partial charge in [0.15, 0.2) is 10.9 Å². The number of rotatable bonds is 4. The summed E-state index contributed by atoms with van der Waals surface area (Å²) in [5.74, 6) is 0.416. The number of nitrogens with two attached hydrogens (primary N) is 1. The van der Waals surface area contributed by atoms with Gasteiger partial charge >= 0.3 is 0 Å². The molecule has 0 aliphatic carbocycles. The van der Waals surface area contributed by atoms with E-state index in [2.05, 4.69) is 9.97 Å². The van der Waals surface area contributed by atoms with E-state index in [9.17, 15) is 4.79 Å². The maximum Gasteiger partial charge on any atom is 0.173 e. The minimum Gasteiger partial charge on any atom is -0.399 e. The smallest absolute Gasteiger partial charge is 0.173 e.